The van der Waals surface area contributed by atoms with Gasteiger partial charge in [-0.15, -0.1) is 0 Å². The summed E-state index contributed by atoms with van der Waals surface area (Å²) in [5.74, 6) is -3.15. The van der Waals surface area contributed by atoms with Crippen molar-refractivity contribution < 1.29 is 33.8 Å². The van der Waals surface area contributed by atoms with Crippen LogP contribution in [0.3, 0.4) is 0 Å². The Morgan fingerprint density at radius 2 is 1.28 bits per heavy atom. The number of amides is 4. The molecule has 47 heavy (non-hydrogen) atoms. The number of carboxylic acid groups (broad SMARTS) is 1. The van der Waals surface area contributed by atoms with Crippen molar-refractivity contribution in [1.29, 1.82) is 0 Å². The van der Waals surface area contributed by atoms with Crippen molar-refractivity contribution in [3.8, 4) is 0 Å². The number of nitrogens with one attached hydrogen (secondary N) is 2. The smallest absolute Gasteiger partial charge is 0.417 e. The Bertz CT molecular complexity index is 1050. The number of unbranched alkanes of at least 4 members (excludes halogenated alkanes) is 13. The Morgan fingerprint density at radius 1 is 0.745 bits per heavy atom. The average molecular weight is 661 g/mol. The standard InChI is InChI=1S/C36H60N4O7/c1-4-5-6-7-8-9-10-11-12-13-14-15-19-25-32(41)40(36(46)47-27-30-22-17-16-18-23-30)31(24-20-21-26-37)34(43)38-28(2)33(42)39-29(3)35(44)45/h16-18,22-23,28-29,31H,4-15,19-21,24-27,37H2,1-3H3,(H,38,43)(H,39,42)(H,44,45)/t28-,29-,31-/m0/s1. The predicted octanol–water partition coefficient (Wildman–Crippen LogP) is 6.22. The first-order valence-electron chi connectivity index (χ1n) is 17.7. The maximum absolute atomic E-state index is 13.6. The molecule has 0 spiro atoms. The molecule has 0 aliphatic heterocycles. The maximum atomic E-state index is 13.6. The fourth-order valence-corrected chi connectivity index (χ4v) is 5.24. The van der Waals surface area contributed by atoms with Gasteiger partial charge in [-0.25, -0.2) is 9.69 Å². The molecule has 1 rings (SSSR count). The summed E-state index contributed by atoms with van der Waals surface area (Å²) in [7, 11) is 0. The van der Waals surface area contributed by atoms with Crippen LogP contribution in [0.5, 0.6) is 0 Å². The highest BCUT2D eigenvalue weighted by Crippen LogP contribution is 2.18. The fourth-order valence-electron chi connectivity index (χ4n) is 5.24. The zero-order valence-corrected chi connectivity index (χ0v) is 29.0. The molecule has 11 heteroatoms. The lowest BCUT2D eigenvalue weighted by atomic mass is 10.0. The molecule has 0 aromatic heterocycles. The Kier molecular flexibility index (Phi) is 22.6. The van der Waals surface area contributed by atoms with Crippen LogP contribution in [-0.4, -0.2) is 64.5 Å². The lowest BCUT2D eigenvalue weighted by molar-refractivity contribution is -0.142. The lowest BCUT2D eigenvalue weighted by Gasteiger charge is -2.30. The number of carboxylic acids is 1. The van der Waals surface area contributed by atoms with E-state index in [9.17, 15) is 24.0 Å². The number of imide groups is 1. The summed E-state index contributed by atoms with van der Waals surface area (Å²) in [5.41, 5.74) is 6.41. The third-order valence-corrected chi connectivity index (χ3v) is 8.19. The van der Waals surface area contributed by atoms with Gasteiger partial charge in [-0.1, -0.05) is 114 Å². The fraction of sp³-hybridized carbons (Fsp3) is 0.694. The third kappa shape index (κ3) is 18.5. The Balaban J connectivity index is 2.85. The van der Waals surface area contributed by atoms with Crippen LogP contribution in [0.25, 0.3) is 0 Å². The molecule has 0 bridgehead atoms. The molecule has 0 fully saturated rings. The maximum Gasteiger partial charge on any atom is 0.417 e. The molecular formula is C36H60N4O7. The summed E-state index contributed by atoms with van der Waals surface area (Å²) >= 11 is 0. The van der Waals surface area contributed by atoms with Crippen molar-refractivity contribution in [2.75, 3.05) is 6.54 Å². The molecule has 266 valence electrons. The Morgan fingerprint density at radius 3 is 1.81 bits per heavy atom. The van der Waals surface area contributed by atoms with E-state index >= 15 is 0 Å². The number of carbonyl (C=O) groups is 5. The molecule has 0 saturated heterocycles. The van der Waals surface area contributed by atoms with Crippen LogP contribution >= 0.6 is 0 Å². The summed E-state index contributed by atoms with van der Waals surface area (Å²) in [6.45, 7) is 5.24. The van der Waals surface area contributed by atoms with Crippen molar-refractivity contribution in [3.63, 3.8) is 0 Å². The number of hydrogen-bond donors (Lipinski definition) is 4. The quantitative estimate of drug-likeness (QED) is 0.0849. The first kappa shape index (κ1) is 41.6. The summed E-state index contributed by atoms with van der Waals surface area (Å²) < 4.78 is 5.52. The van der Waals surface area contributed by atoms with E-state index in [1.807, 2.05) is 18.2 Å². The molecule has 4 amide bonds. The van der Waals surface area contributed by atoms with Crippen LogP contribution < -0.4 is 16.4 Å². The van der Waals surface area contributed by atoms with E-state index in [1.54, 1.807) is 12.1 Å². The van der Waals surface area contributed by atoms with Gasteiger partial charge in [0, 0.05) is 6.42 Å². The van der Waals surface area contributed by atoms with Gasteiger partial charge in [0.05, 0.1) is 0 Å². The molecule has 3 atom stereocenters. The molecule has 1 aromatic rings. The number of hydrogen-bond acceptors (Lipinski definition) is 7. The predicted molar refractivity (Wildman–Crippen MR) is 183 cm³/mol. The monoisotopic (exact) mass is 660 g/mol. The van der Waals surface area contributed by atoms with Crippen molar-refractivity contribution in [1.82, 2.24) is 15.5 Å². The average Bonchev–Trinajstić information content (AvgIpc) is 3.05. The second kappa shape index (κ2) is 25.6. The Labute approximate surface area is 281 Å². The van der Waals surface area contributed by atoms with Gasteiger partial charge in [-0.2, -0.15) is 0 Å². The highest BCUT2D eigenvalue weighted by atomic mass is 16.6. The molecule has 0 aliphatic carbocycles. The number of benzene rings is 1. The largest absolute Gasteiger partial charge is 0.480 e. The van der Waals surface area contributed by atoms with Crippen LogP contribution in [0.15, 0.2) is 30.3 Å². The van der Waals surface area contributed by atoms with Gasteiger partial charge in [0.15, 0.2) is 0 Å². The summed E-state index contributed by atoms with van der Waals surface area (Å²) in [5, 5.41) is 14.0. The highest BCUT2D eigenvalue weighted by Gasteiger charge is 2.36. The molecular weight excluding hydrogens is 600 g/mol. The number of nitrogens with zero attached hydrogens (tertiary/aromatic N) is 1. The van der Waals surface area contributed by atoms with Gasteiger partial charge in [0.2, 0.25) is 17.7 Å². The molecule has 1 aromatic carbocycles. The van der Waals surface area contributed by atoms with Gasteiger partial charge in [0.1, 0.15) is 24.7 Å². The minimum Gasteiger partial charge on any atom is -0.480 e. The molecule has 11 nitrogen and oxygen atoms in total. The van der Waals surface area contributed by atoms with E-state index < -0.39 is 47.9 Å². The normalized spacial score (nSPS) is 12.9. The minimum absolute atomic E-state index is 0.0744. The van der Waals surface area contributed by atoms with E-state index in [2.05, 4.69) is 17.6 Å². The zero-order valence-electron chi connectivity index (χ0n) is 29.0. The van der Waals surface area contributed by atoms with E-state index in [4.69, 9.17) is 15.6 Å². The van der Waals surface area contributed by atoms with E-state index in [0.29, 0.717) is 25.8 Å². The molecule has 0 heterocycles. The van der Waals surface area contributed by atoms with Gasteiger partial charge in [-0.3, -0.25) is 19.2 Å². The molecule has 0 aliphatic rings. The van der Waals surface area contributed by atoms with Crippen LogP contribution in [0.1, 0.15) is 135 Å². The molecule has 0 unspecified atom stereocenters. The number of carbonyl (C=O) groups excluding carboxylic acids is 4. The van der Waals surface area contributed by atoms with Crippen LogP contribution in [0.2, 0.25) is 0 Å². The van der Waals surface area contributed by atoms with Crippen molar-refractivity contribution in [2.24, 2.45) is 5.73 Å². The zero-order chi connectivity index (χ0) is 34.9. The van der Waals surface area contributed by atoms with Gasteiger partial charge in [0.25, 0.3) is 0 Å². The van der Waals surface area contributed by atoms with Crippen molar-refractivity contribution >= 4 is 29.8 Å². The minimum atomic E-state index is -1.23. The van der Waals surface area contributed by atoms with E-state index in [0.717, 1.165) is 29.7 Å². The van der Waals surface area contributed by atoms with E-state index in [-0.39, 0.29) is 19.4 Å². The number of rotatable bonds is 26. The SMILES string of the molecule is CCCCCCCCCCCCCCCC(=O)N(C(=O)OCc1ccccc1)[C@@H](CCCCN)C(=O)N[C@@H](C)C(=O)N[C@@H](C)C(=O)O. The summed E-state index contributed by atoms with van der Waals surface area (Å²) in [6.07, 6.45) is 15.3. The summed E-state index contributed by atoms with van der Waals surface area (Å²) in [4.78, 5) is 65.2. The third-order valence-electron chi connectivity index (χ3n) is 8.19. The van der Waals surface area contributed by atoms with Gasteiger partial charge >= 0.3 is 12.1 Å². The van der Waals surface area contributed by atoms with Crippen LogP contribution in [0, 0.1) is 0 Å². The van der Waals surface area contributed by atoms with Gasteiger partial charge in [-0.05, 0) is 51.6 Å². The topological polar surface area (TPSA) is 168 Å². The van der Waals surface area contributed by atoms with Crippen molar-refractivity contribution in [3.05, 3.63) is 35.9 Å². The van der Waals surface area contributed by atoms with Crippen LogP contribution in [-0.2, 0) is 30.5 Å². The van der Waals surface area contributed by atoms with Crippen molar-refractivity contribution in [2.45, 2.75) is 155 Å². The molecule has 0 saturated carbocycles. The van der Waals surface area contributed by atoms with Crippen LogP contribution in [0.4, 0.5) is 4.79 Å². The highest BCUT2D eigenvalue weighted by molar-refractivity contribution is 5.99. The number of aliphatic carboxylic acids is 1. The lowest BCUT2D eigenvalue weighted by Crippen LogP contribution is -2.56. The van der Waals surface area contributed by atoms with Gasteiger partial charge < -0.3 is 26.2 Å². The first-order chi connectivity index (χ1) is 22.6. The second-order valence-electron chi connectivity index (χ2n) is 12.4. The second-order valence-corrected chi connectivity index (χ2v) is 12.4. The first-order valence-corrected chi connectivity index (χ1v) is 17.7. The van der Waals surface area contributed by atoms with E-state index in [1.165, 1.54) is 71.6 Å². The molecule has 0 radical (unpaired) electrons. The number of nitrogens with two attached hydrogens (primary N) is 1. The Hall–Kier alpha value is -3.47. The number of ether oxygens (including phenoxy) is 1. The summed E-state index contributed by atoms with van der Waals surface area (Å²) in [6, 6.07) is 5.53. The molecule has 5 N–H and O–H groups in total.